The standard InChI is InChI=1S/C14H20S/c1-4-12-14-11-7-5-6-10(11)8(2)13(14)9(3)15-12/h8,10-11H,4-7H2,1-3H3. The molecule has 2 aliphatic carbocycles. The van der Waals surface area contributed by atoms with Crippen molar-refractivity contribution in [3.8, 4) is 0 Å². The van der Waals surface area contributed by atoms with Crippen molar-refractivity contribution in [2.24, 2.45) is 5.92 Å². The highest BCUT2D eigenvalue weighted by Crippen LogP contribution is 2.58. The lowest BCUT2D eigenvalue weighted by atomic mass is 9.90. The summed E-state index contributed by atoms with van der Waals surface area (Å²) in [6.45, 7) is 7.12. The minimum Gasteiger partial charge on any atom is -0.145 e. The average Bonchev–Trinajstić information content (AvgIpc) is 2.84. The molecule has 0 N–H and O–H groups in total. The van der Waals surface area contributed by atoms with Gasteiger partial charge in [-0.25, -0.2) is 0 Å². The number of hydrogen-bond acceptors (Lipinski definition) is 1. The summed E-state index contributed by atoms with van der Waals surface area (Å²) >= 11 is 2.07. The van der Waals surface area contributed by atoms with Crippen molar-refractivity contribution in [2.45, 2.75) is 58.3 Å². The second kappa shape index (κ2) is 3.35. The molecule has 0 aliphatic heterocycles. The highest BCUT2D eigenvalue weighted by Gasteiger charge is 2.43. The highest BCUT2D eigenvalue weighted by atomic mass is 32.1. The summed E-state index contributed by atoms with van der Waals surface area (Å²) < 4.78 is 0. The third kappa shape index (κ3) is 1.19. The first kappa shape index (κ1) is 9.89. The zero-order chi connectivity index (χ0) is 10.6. The Hall–Kier alpha value is -0.300. The maximum atomic E-state index is 2.47. The van der Waals surface area contributed by atoms with Crippen LogP contribution in [0.15, 0.2) is 0 Å². The van der Waals surface area contributed by atoms with Crippen LogP contribution in [0, 0.1) is 12.8 Å². The van der Waals surface area contributed by atoms with E-state index in [2.05, 4.69) is 32.1 Å². The van der Waals surface area contributed by atoms with Crippen molar-refractivity contribution in [1.82, 2.24) is 0 Å². The molecule has 2 aliphatic rings. The summed E-state index contributed by atoms with van der Waals surface area (Å²) in [5, 5.41) is 0. The van der Waals surface area contributed by atoms with Crippen LogP contribution >= 0.6 is 11.3 Å². The molecule has 0 bridgehead atoms. The maximum Gasteiger partial charge on any atom is 0.00832 e. The van der Waals surface area contributed by atoms with Gasteiger partial charge in [-0.15, -0.1) is 11.3 Å². The molecule has 1 saturated carbocycles. The Kier molecular flexibility index (Phi) is 2.21. The third-order valence-corrected chi connectivity index (χ3v) is 5.89. The van der Waals surface area contributed by atoms with Gasteiger partial charge in [-0.05, 0) is 55.1 Å². The van der Waals surface area contributed by atoms with Crippen LogP contribution in [-0.4, -0.2) is 0 Å². The zero-order valence-corrected chi connectivity index (χ0v) is 10.8. The minimum atomic E-state index is 0.851. The van der Waals surface area contributed by atoms with E-state index in [0.717, 1.165) is 17.8 Å². The SMILES string of the molecule is CCc1sc(C)c2c1C1CCCC1C2C. The topological polar surface area (TPSA) is 0 Å². The van der Waals surface area contributed by atoms with E-state index in [4.69, 9.17) is 0 Å². The molecule has 0 radical (unpaired) electrons. The van der Waals surface area contributed by atoms with Gasteiger partial charge in [0.2, 0.25) is 0 Å². The fourth-order valence-corrected chi connectivity index (χ4v) is 5.32. The fourth-order valence-electron chi connectivity index (χ4n) is 4.03. The van der Waals surface area contributed by atoms with Crippen molar-refractivity contribution in [2.75, 3.05) is 0 Å². The molecule has 1 aromatic heterocycles. The molecule has 0 nitrogen and oxygen atoms in total. The van der Waals surface area contributed by atoms with E-state index >= 15 is 0 Å². The predicted molar refractivity (Wildman–Crippen MR) is 66.9 cm³/mol. The quantitative estimate of drug-likeness (QED) is 0.648. The van der Waals surface area contributed by atoms with Gasteiger partial charge in [-0.1, -0.05) is 20.3 Å². The summed E-state index contributed by atoms with van der Waals surface area (Å²) in [6, 6.07) is 0. The van der Waals surface area contributed by atoms with Crippen molar-refractivity contribution in [3.05, 3.63) is 20.9 Å². The van der Waals surface area contributed by atoms with E-state index in [1.165, 1.54) is 25.7 Å². The molecule has 0 spiro atoms. The average molecular weight is 220 g/mol. The van der Waals surface area contributed by atoms with Gasteiger partial charge in [0.05, 0.1) is 0 Å². The van der Waals surface area contributed by atoms with Gasteiger partial charge < -0.3 is 0 Å². The molecule has 1 fully saturated rings. The Bertz CT molecular complexity index is 388. The van der Waals surface area contributed by atoms with Crippen LogP contribution in [-0.2, 0) is 6.42 Å². The molecule has 1 aromatic rings. The Morgan fingerprint density at radius 3 is 2.80 bits per heavy atom. The van der Waals surface area contributed by atoms with Crippen LogP contribution in [0.5, 0.6) is 0 Å². The monoisotopic (exact) mass is 220 g/mol. The second-order valence-corrected chi connectivity index (χ2v) is 6.56. The van der Waals surface area contributed by atoms with Crippen molar-refractivity contribution >= 4 is 11.3 Å². The molecule has 3 rings (SSSR count). The largest absolute Gasteiger partial charge is 0.145 e. The lowest BCUT2D eigenvalue weighted by Crippen LogP contribution is -2.03. The molecule has 1 heterocycles. The third-order valence-electron chi connectivity index (χ3n) is 4.61. The van der Waals surface area contributed by atoms with Crippen LogP contribution in [0.4, 0.5) is 0 Å². The summed E-state index contributed by atoms with van der Waals surface area (Å²) in [7, 11) is 0. The van der Waals surface area contributed by atoms with Crippen LogP contribution in [0.3, 0.4) is 0 Å². The maximum absolute atomic E-state index is 2.47. The van der Waals surface area contributed by atoms with Crippen molar-refractivity contribution in [3.63, 3.8) is 0 Å². The first-order valence-corrected chi connectivity index (χ1v) is 7.17. The Morgan fingerprint density at radius 2 is 2.07 bits per heavy atom. The second-order valence-electron chi connectivity index (χ2n) is 5.25. The van der Waals surface area contributed by atoms with E-state index in [-0.39, 0.29) is 0 Å². The first-order chi connectivity index (χ1) is 7.24. The summed E-state index contributed by atoms with van der Waals surface area (Å²) in [5.74, 6) is 2.78. The summed E-state index contributed by atoms with van der Waals surface area (Å²) in [6.07, 6.45) is 5.66. The molecule has 3 unspecified atom stereocenters. The van der Waals surface area contributed by atoms with E-state index in [9.17, 15) is 0 Å². The van der Waals surface area contributed by atoms with Gasteiger partial charge in [0, 0.05) is 9.75 Å². The Balaban J connectivity index is 2.16. The summed E-state index contributed by atoms with van der Waals surface area (Å²) in [5.41, 5.74) is 3.56. The molecule has 0 amide bonds. The first-order valence-electron chi connectivity index (χ1n) is 6.36. The van der Waals surface area contributed by atoms with Gasteiger partial charge >= 0.3 is 0 Å². The van der Waals surface area contributed by atoms with Gasteiger partial charge in [-0.2, -0.15) is 0 Å². The van der Waals surface area contributed by atoms with Gasteiger partial charge in [0.25, 0.3) is 0 Å². The Morgan fingerprint density at radius 1 is 1.27 bits per heavy atom. The van der Waals surface area contributed by atoms with Crippen LogP contribution in [0.1, 0.15) is 65.8 Å². The van der Waals surface area contributed by atoms with Crippen LogP contribution in [0.25, 0.3) is 0 Å². The van der Waals surface area contributed by atoms with Crippen molar-refractivity contribution in [1.29, 1.82) is 0 Å². The number of rotatable bonds is 1. The normalized spacial score (nSPS) is 33.1. The fraction of sp³-hybridized carbons (Fsp3) is 0.714. The van der Waals surface area contributed by atoms with E-state index < -0.39 is 0 Å². The van der Waals surface area contributed by atoms with Gasteiger partial charge in [0.15, 0.2) is 0 Å². The van der Waals surface area contributed by atoms with Crippen molar-refractivity contribution < 1.29 is 0 Å². The van der Waals surface area contributed by atoms with E-state index in [1.807, 2.05) is 0 Å². The number of fused-ring (bicyclic) bond motifs is 3. The molecule has 15 heavy (non-hydrogen) atoms. The molecule has 1 heteroatoms. The highest BCUT2D eigenvalue weighted by molar-refractivity contribution is 7.12. The predicted octanol–water partition coefficient (Wildman–Crippen LogP) is 4.62. The number of aryl methyl sites for hydroxylation is 2. The molecular weight excluding hydrogens is 200 g/mol. The molecule has 0 saturated heterocycles. The zero-order valence-electron chi connectivity index (χ0n) is 9.97. The van der Waals surface area contributed by atoms with Gasteiger partial charge in [0.1, 0.15) is 0 Å². The minimum absolute atomic E-state index is 0.851. The van der Waals surface area contributed by atoms with Crippen LogP contribution in [0.2, 0.25) is 0 Å². The van der Waals surface area contributed by atoms with E-state index in [1.54, 1.807) is 20.9 Å². The molecule has 3 atom stereocenters. The lowest BCUT2D eigenvalue weighted by Gasteiger charge is -2.15. The number of thiophene rings is 1. The van der Waals surface area contributed by atoms with Gasteiger partial charge in [-0.3, -0.25) is 0 Å². The van der Waals surface area contributed by atoms with E-state index in [0.29, 0.717) is 0 Å². The van der Waals surface area contributed by atoms with Crippen LogP contribution < -0.4 is 0 Å². The Labute approximate surface area is 96.7 Å². The molecule has 0 aromatic carbocycles. The molecule has 82 valence electrons. The molecular formula is C14H20S. The smallest absolute Gasteiger partial charge is 0.00832 e. The lowest BCUT2D eigenvalue weighted by molar-refractivity contribution is 0.456. The summed E-state index contributed by atoms with van der Waals surface area (Å²) in [4.78, 5) is 3.31. The number of hydrogen-bond donors (Lipinski definition) is 0.